The largest absolute Gasteiger partial charge is 0.497 e. The van der Waals surface area contributed by atoms with Crippen LogP contribution >= 0.6 is 11.3 Å². The van der Waals surface area contributed by atoms with Crippen molar-refractivity contribution in [3.05, 3.63) is 71.6 Å². The summed E-state index contributed by atoms with van der Waals surface area (Å²) >= 11 is 1.50. The molecule has 0 bridgehead atoms. The van der Waals surface area contributed by atoms with E-state index in [0.29, 0.717) is 23.3 Å². The van der Waals surface area contributed by atoms with Gasteiger partial charge in [0, 0.05) is 23.5 Å². The number of thiophene rings is 1. The Hall–Kier alpha value is -3.91. The highest BCUT2D eigenvalue weighted by Gasteiger charge is 2.12. The van der Waals surface area contributed by atoms with E-state index in [-0.39, 0.29) is 5.91 Å². The minimum absolute atomic E-state index is 0.184. The fraction of sp³-hybridized carbons (Fsp3) is 0.125. The topological polar surface area (TPSA) is 85.4 Å². The molecule has 4 rings (SSSR count). The van der Waals surface area contributed by atoms with Crippen LogP contribution in [0.25, 0.3) is 10.2 Å². The third-order valence-corrected chi connectivity index (χ3v) is 5.25. The normalized spacial score (nSPS) is 10.5. The highest BCUT2D eigenvalue weighted by Crippen LogP contribution is 2.33. The maximum atomic E-state index is 12.0. The van der Waals surface area contributed by atoms with Crippen LogP contribution in [0.4, 0.5) is 17.3 Å². The minimum atomic E-state index is -0.184. The molecule has 0 radical (unpaired) electrons. The van der Waals surface area contributed by atoms with Gasteiger partial charge in [-0.05, 0) is 61.7 Å². The molecule has 2 aromatic heterocycles. The summed E-state index contributed by atoms with van der Waals surface area (Å²) in [6.07, 6.45) is 1.55. The Bertz CT molecular complexity index is 1280. The number of carbonyl (C=O) groups is 1. The van der Waals surface area contributed by atoms with Crippen molar-refractivity contribution >= 4 is 44.8 Å². The lowest BCUT2D eigenvalue weighted by atomic mass is 10.2. The van der Waals surface area contributed by atoms with Crippen LogP contribution in [0.2, 0.25) is 0 Å². The van der Waals surface area contributed by atoms with Crippen molar-refractivity contribution in [2.24, 2.45) is 0 Å². The Morgan fingerprint density at radius 3 is 2.56 bits per heavy atom. The van der Waals surface area contributed by atoms with Gasteiger partial charge in [-0.2, -0.15) is 4.98 Å². The van der Waals surface area contributed by atoms with Gasteiger partial charge in [-0.3, -0.25) is 4.79 Å². The lowest BCUT2D eigenvalue weighted by molar-refractivity contribution is -0.111. The monoisotopic (exact) mass is 446 g/mol. The van der Waals surface area contributed by atoms with Crippen LogP contribution in [0.3, 0.4) is 0 Å². The number of nitrogens with one attached hydrogen (secondary N) is 2. The second kappa shape index (κ2) is 9.49. The molecule has 0 spiro atoms. The first-order valence-corrected chi connectivity index (χ1v) is 10.8. The number of aromatic nitrogens is 2. The van der Waals surface area contributed by atoms with Gasteiger partial charge >= 0.3 is 0 Å². The summed E-state index contributed by atoms with van der Waals surface area (Å²) in [6, 6.07) is 16.6. The smallest absolute Gasteiger partial charge is 0.248 e. The van der Waals surface area contributed by atoms with Crippen molar-refractivity contribution in [3.63, 3.8) is 0 Å². The number of benzene rings is 2. The average molecular weight is 447 g/mol. The van der Waals surface area contributed by atoms with Gasteiger partial charge in [-0.1, -0.05) is 11.6 Å². The molecule has 4 aromatic rings. The summed E-state index contributed by atoms with van der Waals surface area (Å²) in [5, 5.41) is 7.98. The van der Waals surface area contributed by atoms with Crippen molar-refractivity contribution in [3.8, 4) is 17.4 Å². The fourth-order valence-corrected chi connectivity index (χ4v) is 3.71. The maximum Gasteiger partial charge on any atom is 0.248 e. The second-order valence-electron chi connectivity index (χ2n) is 7.18. The number of allylic oxidation sites excluding steroid dienone is 1. The van der Waals surface area contributed by atoms with Crippen LogP contribution in [-0.4, -0.2) is 23.0 Å². The predicted molar refractivity (Wildman–Crippen MR) is 128 cm³/mol. The number of carbonyl (C=O) groups excluding carboxylic acids is 1. The Balaban J connectivity index is 1.59. The molecule has 1 amide bonds. The van der Waals surface area contributed by atoms with Crippen LogP contribution < -0.4 is 20.1 Å². The molecule has 2 aromatic carbocycles. The summed E-state index contributed by atoms with van der Waals surface area (Å²) < 4.78 is 12.1. The first-order chi connectivity index (χ1) is 15.5. The quantitative estimate of drug-likeness (QED) is 0.332. The number of fused-ring (bicyclic) bond motifs is 1. The van der Waals surface area contributed by atoms with Crippen molar-refractivity contribution in [2.45, 2.75) is 13.8 Å². The van der Waals surface area contributed by atoms with Crippen LogP contribution in [-0.2, 0) is 4.79 Å². The van der Waals surface area contributed by atoms with Gasteiger partial charge in [-0.25, -0.2) is 4.98 Å². The van der Waals surface area contributed by atoms with E-state index in [1.165, 1.54) is 11.3 Å². The molecule has 0 fully saturated rings. The summed E-state index contributed by atoms with van der Waals surface area (Å²) in [7, 11) is 1.63. The second-order valence-corrected chi connectivity index (χ2v) is 8.10. The van der Waals surface area contributed by atoms with Crippen molar-refractivity contribution in [2.75, 3.05) is 17.7 Å². The zero-order valence-corrected chi connectivity index (χ0v) is 18.7. The highest BCUT2D eigenvalue weighted by atomic mass is 32.1. The molecule has 0 unspecified atom stereocenters. The Morgan fingerprint density at radius 2 is 1.81 bits per heavy atom. The van der Waals surface area contributed by atoms with Crippen LogP contribution in [0.15, 0.2) is 71.6 Å². The molecule has 2 heterocycles. The van der Waals surface area contributed by atoms with Gasteiger partial charge in [0.05, 0.1) is 12.6 Å². The van der Waals surface area contributed by atoms with E-state index in [0.717, 1.165) is 27.2 Å². The number of hydrogen-bond acceptors (Lipinski definition) is 7. The summed E-state index contributed by atoms with van der Waals surface area (Å²) in [6.45, 7) is 3.75. The molecule has 162 valence electrons. The lowest BCUT2D eigenvalue weighted by Crippen LogP contribution is -2.08. The third-order valence-electron chi connectivity index (χ3n) is 4.35. The van der Waals surface area contributed by atoms with Crippen LogP contribution in [0, 0.1) is 0 Å². The van der Waals surface area contributed by atoms with E-state index in [2.05, 4.69) is 20.6 Å². The standard InChI is InChI=1S/C24H22N4O3S/c1-15(2)13-21(29)25-17-5-4-6-19(14-17)31-23-22-20(11-12-32-22)27-24(28-23)26-16-7-9-18(30-3)10-8-16/h4-14H,1-3H3,(H,25,29)(H,26,27,28). The summed E-state index contributed by atoms with van der Waals surface area (Å²) in [5.41, 5.74) is 3.17. The molecular weight excluding hydrogens is 424 g/mol. The van der Waals surface area contributed by atoms with E-state index in [1.54, 1.807) is 25.3 Å². The average Bonchev–Trinajstić information content (AvgIpc) is 3.23. The van der Waals surface area contributed by atoms with E-state index in [9.17, 15) is 4.79 Å². The van der Waals surface area contributed by atoms with Crippen molar-refractivity contribution < 1.29 is 14.3 Å². The lowest BCUT2D eigenvalue weighted by Gasteiger charge is -2.11. The Kier molecular flexibility index (Phi) is 6.32. The molecule has 2 N–H and O–H groups in total. The van der Waals surface area contributed by atoms with Crippen molar-refractivity contribution in [1.82, 2.24) is 9.97 Å². The minimum Gasteiger partial charge on any atom is -0.497 e. The fourth-order valence-electron chi connectivity index (χ4n) is 2.95. The van der Waals surface area contributed by atoms with Crippen molar-refractivity contribution in [1.29, 1.82) is 0 Å². The van der Waals surface area contributed by atoms with Crippen LogP contribution in [0.5, 0.6) is 17.4 Å². The van der Waals surface area contributed by atoms with Gasteiger partial charge < -0.3 is 20.1 Å². The van der Waals surface area contributed by atoms with E-state index >= 15 is 0 Å². The van der Waals surface area contributed by atoms with Gasteiger partial charge in [0.15, 0.2) is 0 Å². The number of methoxy groups -OCH3 is 1. The molecular formula is C24H22N4O3S. The first kappa shape index (κ1) is 21.3. The number of anilines is 3. The van der Waals surface area contributed by atoms with E-state index < -0.39 is 0 Å². The molecule has 0 saturated heterocycles. The van der Waals surface area contributed by atoms with Gasteiger partial charge in [0.25, 0.3) is 0 Å². The number of nitrogens with zero attached hydrogens (tertiary/aromatic N) is 2. The maximum absolute atomic E-state index is 12.0. The molecule has 0 aliphatic carbocycles. The summed E-state index contributed by atoms with van der Waals surface area (Å²) in [5.74, 6) is 2.00. The number of amides is 1. The molecule has 0 aliphatic heterocycles. The molecule has 0 saturated carbocycles. The Labute approximate surface area is 189 Å². The highest BCUT2D eigenvalue weighted by molar-refractivity contribution is 7.17. The van der Waals surface area contributed by atoms with Gasteiger partial charge in [-0.15, -0.1) is 11.3 Å². The van der Waals surface area contributed by atoms with Gasteiger partial charge in [0.2, 0.25) is 17.7 Å². The van der Waals surface area contributed by atoms with E-state index in [4.69, 9.17) is 9.47 Å². The molecule has 0 atom stereocenters. The summed E-state index contributed by atoms with van der Waals surface area (Å²) in [4.78, 5) is 21.2. The zero-order chi connectivity index (χ0) is 22.5. The van der Waals surface area contributed by atoms with E-state index in [1.807, 2.05) is 61.7 Å². The first-order valence-electron chi connectivity index (χ1n) is 9.90. The molecule has 7 nitrogen and oxygen atoms in total. The Morgan fingerprint density at radius 1 is 1.00 bits per heavy atom. The third kappa shape index (κ3) is 5.22. The number of ether oxygens (including phenoxy) is 2. The molecule has 0 aliphatic rings. The number of hydrogen-bond donors (Lipinski definition) is 2. The molecule has 32 heavy (non-hydrogen) atoms. The van der Waals surface area contributed by atoms with Crippen LogP contribution in [0.1, 0.15) is 13.8 Å². The predicted octanol–water partition coefficient (Wildman–Crippen LogP) is 6.14. The van der Waals surface area contributed by atoms with Gasteiger partial charge in [0.1, 0.15) is 16.2 Å². The SMILES string of the molecule is COc1ccc(Nc2nc(Oc3cccc(NC(=O)C=C(C)C)c3)c3sccc3n2)cc1. The number of rotatable bonds is 7. The zero-order valence-electron chi connectivity index (χ0n) is 17.9. The molecule has 8 heteroatoms.